The van der Waals surface area contributed by atoms with E-state index in [0.717, 1.165) is 32.6 Å². The number of anilines is 1. The van der Waals surface area contributed by atoms with Crippen LogP contribution in [0.1, 0.15) is 25.0 Å². The third kappa shape index (κ3) is 3.04. The molecule has 102 valence electrons. The van der Waals surface area contributed by atoms with E-state index in [2.05, 4.69) is 41.5 Å². The van der Waals surface area contributed by atoms with Crippen molar-refractivity contribution in [2.24, 2.45) is 0 Å². The molecule has 0 aliphatic carbocycles. The normalized spacial score (nSPS) is 10.8. The van der Waals surface area contributed by atoms with Gasteiger partial charge in [0.05, 0.1) is 7.11 Å². The molecule has 2 aromatic rings. The van der Waals surface area contributed by atoms with Crippen LogP contribution < -0.4 is 10.1 Å². The molecule has 0 amide bonds. The van der Waals surface area contributed by atoms with Crippen LogP contribution in [0.3, 0.4) is 0 Å². The second-order valence-electron chi connectivity index (χ2n) is 4.85. The van der Waals surface area contributed by atoms with Gasteiger partial charge in [-0.2, -0.15) is 0 Å². The molecular formula is C14H19N3OS. The molecule has 0 bridgehead atoms. The Labute approximate surface area is 117 Å². The molecule has 1 aromatic carbocycles. The van der Waals surface area contributed by atoms with Gasteiger partial charge in [-0.05, 0) is 51.0 Å². The van der Waals surface area contributed by atoms with Gasteiger partial charge < -0.3 is 10.1 Å². The van der Waals surface area contributed by atoms with Crippen molar-refractivity contribution < 1.29 is 4.74 Å². The number of nitrogens with one attached hydrogen (secondary N) is 1. The molecule has 1 N–H and O–H groups in total. The van der Waals surface area contributed by atoms with Crippen molar-refractivity contribution in [3.05, 3.63) is 23.3 Å². The SMILES string of the molecule is COc1c(C)cc(-c2nnc(NC(C)C)s2)cc1C. The minimum absolute atomic E-state index is 0.361. The summed E-state index contributed by atoms with van der Waals surface area (Å²) in [5.41, 5.74) is 3.32. The Hall–Kier alpha value is -1.62. The maximum absolute atomic E-state index is 5.38. The maximum atomic E-state index is 5.38. The molecule has 0 atom stereocenters. The summed E-state index contributed by atoms with van der Waals surface area (Å²) in [6.45, 7) is 8.26. The maximum Gasteiger partial charge on any atom is 0.206 e. The van der Waals surface area contributed by atoms with Crippen molar-refractivity contribution in [1.82, 2.24) is 10.2 Å². The number of benzene rings is 1. The Morgan fingerprint density at radius 3 is 2.32 bits per heavy atom. The number of aryl methyl sites for hydroxylation is 2. The number of rotatable bonds is 4. The highest BCUT2D eigenvalue weighted by Gasteiger charge is 2.11. The predicted molar refractivity (Wildman–Crippen MR) is 80.1 cm³/mol. The highest BCUT2D eigenvalue weighted by Crippen LogP contribution is 2.32. The summed E-state index contributed by atoms with van der Waals surface area (Å²) in [5.74, 6) is 0.939. The monoisotopic (exact) mass is 277 g/mol. The van der Waals surface area contributed by atoms with Crippen LogP contribution in [0.5, 0.6) is 5.75 Å². The Bertz CT molecular complexity index is 555. The highest BCUT2D eigenvalue weighted by molar-refractivity contribution is 7.18. The lowest BCUT2D eigenvalue weighted by molar-refractivity contribution is 0.408. The minimum atomic E-state index is 0.361. The fourth-order valence-corrected chi connectivity index (χ4v) is 2.92. The van der Waals surface area contributed by atoms with Gasteiger partial charge in [0, 0.05) is 11.6 Å². The van der Waals surface area contributed by atoms with E-state index < -0.39 is 0 Å². The predicted octanol–water partition coefficient (Wildman–Crippen LogP) is 3.65. The van der Waals surface area contributed by atoms with E-state index in [4.69, 9.17) is 4.74 Å². The Balaban J connectivity index is 2.34. The molecule has 0 unspecified atom stereocenters. The van der Waals surface area contributed by atoms with E-state index in [1.165, 1.54) is 0 Å². The van der Waals surface area contributed by atoms with Gasteiger partial charge in [0.2, 0.25) is 5.13 Å². The van der Waals surface area contributed by atoms with E-state index in [1.807, 2.05) is 13.8 Å². The first kappa shape index (κ1) is 13.8. The third-order valence-electron chi connectivity index (χ3n) is 2.75. The summed E-state index contributed by atoms with van der Waals surface area (Å²) in [4.78, 5) is 0. The van der Waals surface area contributed by atoms with Gasteiger partial charge in [0.15, 0.2) is 0 Å². The van der Waals surface area contributed by atoms with Gasteiger partial charge in [-0.3, -0.25) is 0 Å². The van der Waals surface area contributed by atoms with Crippen molar-refractivity contribution in [1.29, 1.82) is 0 Å². The lowest BCUT2D eigenvalue weighted by Gasteiger charge is -2.09. The third-order valence-corrected chi connectivity index (χ3v) is 3.65. The molecule has 4 nitrogen and oxygen atoms in total. The Morgan fingerprint density at radius 2 is 1.79 bits per heavy atom. The van der Waals surface area contributed by atoms with Crippen molar-refractivity contribution >= 4 is 16.5 Å². The summed E-state index contributed by atoms with van der Waals surface area (Å²) in [6, 6.07) is 4.54. The van der Waals surface area contributed by atoms with Gasteiger partial charge >= 0.3 is 0 Å². The summed E-state index contributed by atoms with van der Waals surface area (Å²) < 4.78 is 5.38. The molecule has 0 saturated heterocycles. The summed E-state index contributed by atoms with van der Waals surface area (Å²) in [5, 5.41) is 13.5. The number of nitrogens with zero attached hydrogens (tertiary/aromatic N) is 2. The first-order valence-electron chi connectivity index (χ1n) is 6.27. The second kappa shape index (κ2) is 5.57. The number of hydrogen-bond acceptors (Lipinski definition) is 5. The first-order chi connectivity index (χ1) is 9.01. The Morgan fingerprint density at radius 1 is 1.16 bits per heavy atom. The van der Waals surface area contributed by atoms with Gasteiger partial charge in [0.25, 0.3) is 0 Å². The van der Waals surface area contributed by atoms with Gasteiger partial charge in [-0.25, -0.2) is 0 Å². The molecule has 5 heteroatoms. The van der Waals surface area contributed by atoms with Crippen molar-refractivity contribution in [3.63, 3.8) is 0 Å². The number of methoxy groups -OCH3 is 1. The number of aromatic nitrogens is 2. The lowest BCUT2D eigenvalue weighted by Crippen LogP contribution is -2.08. The first-order valence-corrected chi connectivity index (χ1v) is 7.08. The molecule has 1 aromatic heterocycles. The average molecular weight is 277 g/mol. The largest absolute Gasteiger partial charge is 0.496 e. The fourth-order valence-electron chi connectivity index (χ4n) is 2.04. The topological polar surface area (TPSA) is 47.0 Å². The van der Waals surface area contributed by atoms with Gasteiger partial charge in [0.1, 0.15) is 10.8 Å². The van der Waals surface area contributed by atoms with Crippen LogP contribution >= 0.6 is 11.3 Å². The molecule has 1 heterocycles. The fraction of sp³-hybridized carbons (Fsp3) is 0.429. The second-order valence-corrected chi connectivity index (χ2v) is 5.83. The van der Waals surface area contributed by atoms with E-state index in [1.54, 1.807) is 18.4 Å². The van der Waals surface area contributed by atoms with E-state index >= 15 is 0 Å². The van der Waals surface area contributed by atoms with Crippen molar-refractivity contribution in [3.8, 4) is 16.3 Å². The van der Waals surface area contributed by atoms with E-state index in [-0.39, 0.29) is 0 Å². The molecule has 0 radical (unpaired) electrons. The van der Waals surface area contributed by atoms with Crippen molar-refractivity contribution in [2.75, 3.05) is 12.4 Å². The number of hydrogen-bond donors (Lipinski definition) is 1. The van der Waals surface area contributed by atoms with Crippen LogP contribution in [0.15, 0.2) is 12.1 Å². The molecule has 0 fully saturated rings. The van der Waals surface area contributed by atoms with E-state index in [0.29, 0.717) is 6.04 Å². The van der Waals surface area contributed by atoms with E-state index in [9.17, 15) is 0 Å². The van der Waals surface area contributed by atoms with Gasteiger partial charge in [-0.1, -0.05) is 11.3 Å². The van der Waals surface area contributed by atoms with Crippen LogP contribution in [0.2, 0.25) is 0 Å². The standard InChI is InChI=1S/C14H19N3OS/c1-8(2)15-14-17-16-13(19-14)11-6-9(3)12(18-5)10(4)7-11/h6-8H,1-5H3,(H,15,17). The summed E-state index contributed by atoms with van der Waals surface area (Å²) in [7, 11) is 1.70. The number of ether oxygens (including phenoxy) is 1. The lowest BCUT2D eigenvalue weighted by atomic mass is 10.1. The average Bonchev–Trinajstić information content (AvgIpc) is 2.76. The molecule has 2 rings (SSSR count). The molecule has 0 aliphatic rings. The van der Waals surface area contributed by atoms with Crippen LogP contribution in [0.25, 0.3) is 10.6 Å². The summed E-state index contributed by atoms with van der Waals surface area (Å²) in [6.07, 6.45) is 0. The van der Waals surface area contributed by atoms with Crippen LogP contribution in [-0.2, 0) is 0 Å². The highest BCUT2D eigenvalue weighted by atomic mass is 32.1. The Kier molecular flexibility index (Phi) is 4.04. The van der Waals surface area contributed by atoms with Crippen LogP contribution in [0.4, 0.5) is 5.13 Å². The summed E-state index contributed by atoms with van der Waals surface area (Å²) >= 11 is 1.57. The smallest absolute Gasteiger partial charge is 0.206 e. The zero-order chi connectivity index (χ0) is 14.0. The van der Waals surface area contributed by atoms with Crippen molar-refractivity contribution in [2.45, 2.75) is 33.7 Å². The zero-order valence-corrected chi connectivity index (χ0v) is 12.8. The molecule has 0 aliphatic heterocycles. The van der Waals surface area contributed by atoms with Crippen LogP contribution in [0, 0.1) is 13.8 Å². The van der Waals surface area contributed by atoms with Gasteiger partial charge in [-0.15, -0.1) is 10.2 Å². The minimum Gasteiger partial charge on any atom is -0.496 e. The molecule has 0 spiro atoms. The zero-order valence-electron chi connectivity index (χ0n) is 11.9. The molecule has 0 saturated carbocycles. The quantitative estimate of drug-likeness (QED) is 0.926. The van der Waals surface area contributed by atoms with Crippen LogP contribution in [-0.4, -0.2) is 23.3 Å². The molecule has 19 heavy (non-hydrogen) atoms. The molecular weight excluding hydrogens is 258 g/mol.